The fourth-order valence-electron chi connectivity index (χ4n) is 1.40. The Bertz CT molecular complexity index is 369. The van der Waals surface area contributed by atoms with E-state index in [2.05, 4.69) is 0 Å². The van der Waals surface area contributed by atoms with Crippen molar-refractivity contribution in [3.63, 3.8) is 0 Å². The number of carbonyl (C=O) groups excluding carboxylic acids is 1. The van der Waals surface area contributed by atoms with Crippen LogP contribution in [0.4, 0.5) is 0 Å². The second kappa shape index (κ2) is 5.29. The van der Waals surface area contributed by atoms with E-state index in [0.29, 0.717) is 24.8 Å². The number of rotatable bonds is 5. The molecule has 15 heavy (non-hydrogen) atoms. The van der Waals surface area contributed by atoms with E-state index < -0.39 is 5.97 Å². The maximum absolute atomic E-state index is 11.1. The third-order valence-electron chi connectivity index (χ3n) is 2.32. The molecule has 1 aromatic carbocycles. The fraction of sp³-hybridized carbons (Fsp3) is 0.333. The zero-order chi connectivity index (χ0) is 11.3. The predicted octanol–water partition coefficient (Wildman–Crippen LogP) is 2.30. The van der Waals surface area contributed by atoms with E-state index in [1.807, 2.05) is 6.92 Å². The molecule has 0 amide bonds. The van der Waals surface area contributed by atoms with E-state index in [9.17, 15) is 9.59 Å². The van der Waals surface area contributed by atoms with E-state index in [-0.39, 0.29) is 5.78 Å². The molecule has 0 aliphatic heterocycles. The third-order valence-corrected chi connectivity index (χ3v) is 2.32. The van der Waals surface area contributed by atoms with Crippen molar-refractivity contribution in [2.75, 3.05) is 0 Å². The van der Waals surface area contributed by atoms with Crippen molar-refractivity contribution in [3.05, 3.63) is 35.4 Å². The molecule has 0 fully saturated rings. The molecule has 1 N–H and O–H groups in total. The van der Waals surface area contributed by atoms with Gasteiger partial charge in [0, 0.05) is 12.8 Å². The molecule has 0 spiro atoms. The van der Waals surface area contributed by atoms with Crippen molar-refractivity contribution >= 4 is 11.8 Å². The normalized spacial score (nSPS) is 9.93. The summed E-state index contributed by atoms with van der Waals surface area (Å²) in [5, 5.41) is 8.90. The zero-order valence-electron chi connectivity index (χ0n) is 8.69. The van der Waals surface area contributed by atoms with Gasteiger partial charge in [0.25, 0.3) is 0 Å². The first kappa shape index (κ1) is 11.4. The maximum atomic E-state index is 11.1. The SMILES string of the molecule is CCC(=O)CCc1ccccc1C(=O)O. The lowest BCUT2D eigenvalue weighted by molar-refractivity contribution is -0.118. The van der Waals surface area contributed by atoms with Crippen molar-refractivity contribution in [2.24, 2.45) is 0 Å². The zero-order valence-corrected chi connectivity index (χ0v) is 8.69. The van der Waals surface area contributed by atoms with Gasteiger partial charge >= 0.3 is 5.97 Å². The van der Waals surface area contributed by atoms with E-state index in [1.54, 1.807) is 24.3 Å². The van der Waals surface area contributed by atoms with Crippen LogP contribution in [-0.2, 0) is 11.2 Å². The summed E-state index contributed by atoms with van der Waals surface area (Å²) >= 11 is 0. The Balaban J connectivity index is 2.76. The average Bonchev–Trinajstić information content (AvgIpc) is 2.26. The quantitative estimate of drug-likeness (QED) is 0.804. The highest BCUT2D eigenvalue weighted by Gasteiger charge is 2.09. The minimum atomic E-state index is -0.936. The molecule has 0 aromatic heterocycles. The lowest BCUT2D eigenvalue weighted by atomic mass is 10.0. The van der Waals surface area contributed by atoms with Gasteiger partial charge in [-0.05, 0) is 18.1 Å². The monoisotopic (exact) mass is 206 g/mol. The van der Waals surface area contributed by atoms with Gasteiger partial charge in [-0.1, -0.05) is 25.1 Å². The van der Waals surface area contributed by atoms with Crippen molar-refractivity contribution < 1.29 is 14.7 Å². The molecule has 1 rings (SSSR count). The van der Waals surface area contributed by atoms with E-state index in [0.717, 1.165) is 5.56 Å². The number of carboxylic acids is 1. The van der Waals surface area contributed by atoms with Gasteiger partial charge in [-0.3, -0.25) is 4.79 Å². The summed E-state index contributed by atoms with van der Waals surface area (Å²) in [4.78, 5) is 22.0. The molecule has 0 saturated heterocycles. The molecular weight excluding hydrogens is 192 g/mol. The van der Waals surface area contributed by atoms with Crippen molar-refractivity contribution in [3.8, 4) is 0 Å². The van der Waals surface area contributed by atoms with Gasteiger partial charge in [-0.2, -0.15) is 0 Å². The number of benzene rings is 1. The van der Waals surface area contributed by atoms with E-state index in [4.69, 9.17) is 5.11 Å². The summed E-state index contributed by atoms with van der Waals surface area (Å²) in [6, 6.07) is 6.80. The van der Waals surface area contributed by atoms with Gasteiger partial charge in [-0.25, -0.2) is 4.79 Å². The summed E-state index contributed by atoms with van der Waals surface area (Å²) in [7, 11) is 0. The molecule has 0 unspecified atom stereocenters. The van der Waals surface area contributed by atoms with Crippen LogP contribution in [0, 0.1) is 0 Å². The summed E-state index contributed by atoms with van der Waals surface area (Å²) in [6.07, 6.45) is 1.44. The van der Waals surface area contributed by atoms with Crippen LogP contribution < -0.4 is 0 Å². The molecular formula is C12H14O3. The molecule has 0 heterocycles. The number of carbonyl (C=O) groups is 2. The first-order valence-corrected chi connectivity index (χ1v) is 4.98. The van der Waals surface area contributed by atoms with E-state index in [1.165, 1.54) is 0 Å². The van der Waals surface area contributed by atoms with Crippen molar-refractivity contribution in [1.29, 1.82) is 0 Å². The first-order chi connectivity index (χ1) is 7.15. The topological polar surface area (TPSA) is 54.4 Å². The van der Waals surface area contributed by atoms with Crippen LogP contribution in [0.15, 0.2) is 24.3 Å². The van der Waals surface area contributed by atoms with Gasteiger partial charge in [-0.15, -0.1) is 0 Å². The summed E-state index contributed by atoms with van der Waals surface area (Å²) in [5.41, 5.74) is 1.02. The van der Waals surface area contributed by atoms with Gasteiger partial charge in [0.1, 0.15) is 5.78 Å². The summed E-state index contributed by atoms with van der Waals surface area (Å²) in [5.74, 6) is -0.773. The van der Waals surface area contributed by atoms with E-state index >= 15 is 0 Å². The second-order valence-electron chi connectivity index (χ2n) is 3.35. The lowest BCUT2D eigenvalue weighted by Crippen LogP contribution is -2.04. The molecule has 0 saturated carbocycles. The molecule has 1 aromatic rings. The standard InChI is InChI=1S/C12H14O3/c1-2-10(13)8-7-9-5-3-4-6-11(9)12(14)15/h3-6H,2,7-8H2,1H3,(H,14,15). The van der Waals surface area contributed by atoms with Gasteiger partial charge < -0.3 is 5.11 Å². The van der Waals surface area contributed by atoms with Crippen molar-refractivity contribution in [1.82, 2.24) is 0 Å². The Hall–Kier alpha value is -1.64. The number of hydrogen-bond acceptors (Lipinski definition) is 2. The van der Waals surface area contributed by atoms with Crippen LogP contribution in [0.25, 0.3) is 0 Å². The van der Waals surface area contributed by atoms with Crippen LogP contribution in [0.1, 0.15) is 35.7 Å². The largest absolute Gasteiger partial charge is 0.478 e. The number of carboxylic acid groups (broad SMARTS) is 1. The number of aryl methyl sites for hydroxylation is 1. The molecule has 0 atom stereocenters. The Morgan fingerprint density at radius 3 is 2.53 bits per heavy atom. The Morgan fingerprint density at radius 1 is 1.27 bits per heavy atom. The predicted molar refractivity (Wildman–Crippen MR) is 57.0 cm³/mol. The van der Waals surface area contributed by atoms with Crippen LogP contribution in [-0.4, -0.2) is 16.9 Å². The lowest BCUT2D eigenvalue weighted by Gasteiger charge is -2.04. The number of hydrogen-bond donors (Lipinski definition) is 1. The smallest absolute Gasteiger partial charge is 0.335 e. The Labute approximate surface area is 88.7 Å². The highest BCUT2D eigenvalue weighted by molar-refractivity contribution is 5.89. The van der Waals surface area contributed by atoms with Crippen molar-refractivity contribution in [2.45, 2.75) is 26.2 Å². The fourth-order valence-corrected chi connectivity index (χ4v) is 1.40. The third kappa shape index (κ3) is 3.20. The van der Waals surface area contributed by atoms with Crippen LogP contribution in [0.5, 0.6) is 0 Å². The van der Waals surface area contributed by atoms with Crippen LogP contribution >= 0.6 is 0 Å². The molecule has 3 nitrogen and oxygen atoms in total. The van der Waals surface area contributed by atoms with Gasteiger partial charge in [0.2, 0.25) is 0 Å². The molecule has 3 heteroatoms. The van der Waals surface area contributed by atoms with Gasteiger partial charge in [0.15, 0.2) is 0 Å². The second-order valence-corrected chi connectivity index (χ2v) is 3.35. The molecule has 0 aliphatic rings. The minimum absolute atomic E-state index is 0.162. The minimum Gasteiger partial charge on any atom is -0.478 e. The molecule has 0 aliphatic carbocycles. The van der Waals surface area contributed by atoms with Gasteiger partial charge in [0.05, 0.1) is 5.56 Å². The molecule has 80 valence electrons. The summed E-state index contributed by atoms with van der Waals surface area (Å²) in [6.45, 7) is 1.81. The average molecular weight is 206 g/mol. The highest BCUT2D eigenvalue weighted by Crippen LogP contribution is 2.11. The first-order valence-electron chi connectivity index (χ1n) is 4.98. The highest BCUT2D eigenvalue weighted by atomic mass is 16.4. The van der Waals surface area contributed by atoms with Crippen LogP contribution in [0.2, 0.25) is 0 Å². The summed E-state index contributed by atoms with van der Waals surface area (Å²) < 4.78 is 0. The Kier molecular flexibility index (Phi) is 4.03. The molecule has 0 bridgehead atoms. The number of aromatic carboxylic acids is 1. The number of ketones is 1. The number of Topliss-reactive ketones (excluding diaryl/α,β-unsaturated/α-hetero) is 1. The molecule has 0 radical (unpaired) electrons. The van der Waals surface area contributed by atoms with Crippen LogP contribution in [0.3, 0.4) is 0 Å². The Morgan fingerprint density at radius 2 is 1.93 bits per heavy atom. The maximum Gasteiger partial charge on any atom is 0.335 e.